The minimum absolute atomic E-state index is 0.0844. The average molecular weight is 246 g/mol. The molecule has 0 saturated heterocycles. The van der Waals surface area contributed by atoms with Crippen molar-refractivity contribution in [3.8, 4) is 11.3 Å². The average Bonchev–Trinajstić information content (AvgIpc) is 2.73. The van der Waals surface area contributed by atoms with Crippen molar-refractivity contribution < 1.29 is 0 Å². The minimum atomic E-state index is 0.0844. The van der Waals surface area contributed by atoms with Gasteiger partial charge in [0.05, 0.1) is 11.7 Å². The maximum atomic E-state index is 6.11. The second-order valence-electron chi connectivity index (χ2n) is 4.22. The molecule has 0 radical (unpaired) electrons. The number of thiazole rings is 1. The number of nitrogens with two attached hydrogens (primary N) is 1. The van der Waals surface area contributed by atoms with Crippen molar-refractivity contribution in [3.05, 3.63) is 40.2 Å². The molecule has 2 nitrogen and oxygen atoms in total. The molecular weight excluding hydrogens is 228 g/mol. The third-order valence-electron chi connectivity index (χ3n) is 2.78. The first-order chi connectivity index (χ1) is 8.22. The quantitative estimate of drug-likeness (QED) is 0.888. The number of aryl methyl sites for hydroxylation is 1. The van der Waals surface area contributed by atoms with Crippen LogP contribution in [-0.2, 0) is 0 Å². The number of hydrogen-bond acceptors (Lipinski definition) is 3. The molecule has 0 aliphatic carbocycles. The summed E-state index contributed by atoms with van der Waals surface area (Å²) in [7, 11) is 0. The number of benzene rings is 1. The van der Waals surface area contributed by atoms with Gasteiger partial charge < -0.3 is 5.73 Å². The van der Waals surface area contributed by atoms with Crippen LogP contribution in [0.25, 0.3) is 11.3 Å². The maximum Gasteiger partial charge on any atom is 0.110 e. The van der Waals surface area contributed by atoms with Crippen molar-refractivity contribution >= 4 is 11.3 Å². The molecule has 1 aromatic heterocycles. The lowest BCUT2D eigenvalue weighted by Crippen LogP contribution is -2.09. The fourth-order valence-electron chi connectivity index (χ4n) is 1.87. The van der Waals surface area contributed by atoms with Gasteiger partial charge in [-0.1, -0.05) is 43.7 Å². The van der Waals surface area contributed by atoms with Gasteiger partial charge in [-0.25, -0.2) is 4.98 Å². The molecule has 3 heteroatoms. The van der Waals surface area contributed by atoms with E-state index >= 15 is 0 Å². The topological polar surface area (TPSA) is 38.9 Å². The van der Waals surface area contributed by atoms with Gasteiger partial charge in [-0.15, -0.1) is 11.3 Å². The van der Waals surface area contributed by atoms with Crippen LogP contribution in [-0.4, -0.2) is 4.98 Å². The van der Waals surface area contributed by atoms with Crippen molar-refractivity contribution in [2.75, 3.05) is 0 Å². The van der Waals surface area contributed by atoms with E-state index in [9.17, 15) is 0 Å². The molecule has 1 unspecified atom stereocenters. The van der Waals surface area contributed by atoms with Crippen molar-refractivity contribution in [1.82, 2.24) is 4.98 Å². The fourth-order valence-corrected chi connectivity index (χ4v) is 2.85. The first-order valence-electron chi connectivity index (χ1n) is 6.00. The van der Waals surface area contributed by atoms with E-state index < -0.39 is 0 Å². The van der Waals surface area contributed by atoms with E-state index in [1.807, 2.05) is 18.2 Å². The second kappa shape index (κ2) is 5.43. The van der Waals surface area contributed by atoms with E-state index in [2.05, 4.69) is 26.0 Å². The summed E-state index contributed by atoms with van der Waals surface area (Å²) in [4.78, 5) is 5.94. The molecule has 0 amide bonds. The Morgan fingerprint density at radius 1 is 1.29 bits per heavy atom. The summed E-state index contributed by atoms with van der Waals surface area (Å²) >= 11 is 1.72. The Labute approximate surface area is 107 Å². The molecule has 0 saturated carbocycles. The molecule has 2 aromatic rings. The highest BCUT2D eigenvalue weighted by molar-refractivity contribution is 7.12. The maximum absolute atomic E-state index is 6.11. The summed E-state index contributed by atoms with van der Waals surface area (Å²) in [5.74, 6) is 0. The van der Waals surface area contributed by atoms with E-state index in [-0.39, 0.29) is 6.04 Å². The van der Waals surface area contributed by atoms with Gasteiger partial charge in [-0.3, -0.25) is 0 Å². The number of hydrogen-bond donors (Lipinski definition) is 1. The van der Waals surface area contributed by atoms with Crippen LogP contribution in [0, 0.1) is 6.92 Å². The second-order valence-corrected chi connectivity index (χ2v) is 5.45. The smallest absolute Gasteiger partial charge is 0.110 e. The molecule has 1 aromatic carbocycles. The summed E-state index contributed by atoms with van der Waals surface area (Å²) in [5, 5.41) is 1.06. The van der Waals surface area contributed by atoms with Crippen molar-refractivity contribution in [2.24, 2.45) is 5.73 Å². The number of rotatable bonds is 4. The molecule has 0 aliphatic heterocycles. The normalized spacial score (nSPS) is 12.6. The molecular formula is C14H18N2S. The van der Waals surface area contributed by atoms with E-state index in [4.69, 9.17) is 10.7 Å². The summed E-state index contributed by atoms with van der Waals surface area (Å²) < 4.78 is 0. The zero-order valence-electron chi connectivity index (χ0n) is 10.3. The molecule has 2 rings (SSSR count). The summed E-state index contributed by atoms with van der Waals surface area (Å²) in [6, 6.07) is 10.4. The minimum Gasteiger partial charge on any atom is -0.322 e. The van der Waals surface area contributed by atoms with E-state index in [0.29, 0.717) is 0 Å². The largest absolute Gasteiger partial charge is 0.322 e. The third kappa shape index (κ3) is 2.73. The molecule has 1 heterocycles. The molecule has 17 heavy (non-hydrogen) atoms. The van der Waals surface area contributed by atoms with Crippen LogP contribution in [0.1, 0.15) is 35.7 Å². The van der Waals surface area contributed by atoms with Crippen molar-refractivity contribution in [2.45, 2.75) is 32.7 Å². The number of nitrogens with zero attached hydrogens (tertiary/aromatic N) is 1. The Kier molecular flexibility index (Phi) is 3.92. The van der Waals surface area contributed by atoms with Crippen LogP contribution < -0.4 is 5.73 Å². The highest BCUT2D eigenvalue weighted by atomic mass is 32.1. The predicted octanol–water partition coefficient (Wildman–Crippen LogP) is 3.92. The summed E-state index contributed by atoms with van der Waals surface area (Å²) in [6.45, 7) is 4.26. The lowest BCUT2D eigenvalue weighted by atomic mass is 10.1. The predicted molar refractivity (Wildman–Crippen MR) is 74.1 cm³/mol. The highest BCUT2D eigenvalue weighted by Gasteiger charge is 2.14. The molecule has 2 N–H and O–H groups in total. The highest BCUT2D eigenvalue weighted by Crippen LogP contribution is 2.30. The molecule has 0 aliphatic rings. The van der Waals surface area contributed by atoms with Crippen LogP contribution in [0.4, 0.5) is 0 Å². The Hall–Kier alpha value is -1.19. The number of aromatic nitrogens is 1. The summed E-state index contributed by atoms with van der Waals surface area (Å²) in [6.07, 6.45) is 2.10. The van der Waals surface area contributed by atoms with Gasteiger partial charge in [0, 0.05) is 10.4 Å². The van der Waals surface area contributed by atoms with E-state index in [0.717, 1.165) is 23.5 Å². The van der Waals surface area contributed by atoms with Crippen molar-refractivity contribution in [3.63, 3.8) is 0 Å². The fraction of sp³-hybridized carbons (Fsp3) is 0.357. The van der Waals surface area contributed by atoms with Gasteiger partial charge in [0.2, 0.25) is 0 Å². The molecule has 0 spiro atoms. The zero-order valence-corrected chi connectivity index (χ0v) is 11.1. The molecule has 0 fully saturated rings. The lowest BCUT2D eigenvalue weighted by molar-refractivity contribution is 0.635. The van der Waals surface area contributed by atoms with Gasteiger partial charge in [-0.05, 0) is 13.3 Å². The first-order valence-corrected chi connectivity index (χ1v) is 6.82. The first kappa shape index (κ1) is 12.3. The van der Waals surface area contributed by atoms with Gasteiger partial charge in [0.25, 0.3) is 0 Å². The van der Waals surface area contributed by atoms with E-state index in [1.165, 1.54) is 10.4 Å². The third-order valence-corrected chi connectivity index (χ3v) is 3.88. The van der Waals surface area contributed by atoms with Gasteiger partial charge in [-0.2, -0.15) is 0 Å². The summed E-state index contributed by atoms with van der Waals surface area (Å²) in [5.41, 5.74) is 8.37. The van der Waals surface area contributed by atoms with Crippen LogP contribution >= 0.6 is 11.3 Å². The van der Waals surface area contributed by atoms with Gasteiger partial charge in [0.1, 0.15) is 5.01 Å². The molecule has 90 valence electrons. The molecule has 0 bridgehead atoms. The SMILES string of the molecule is CCCC(N)c1nc(-c2ccccc2)c(C)s1. The van der Waals surface area contributed by atoms with Crippen LogP contribution in [0.15, 0.2) is 30.3 Å². The van der Waals surface area contributed by atoms with Gasteiger partial charge >= 0.3 is 0 Å². The lowest BCUT2D eigenvalue weighted by Gasteiger charge is -2.04. The van der Waals surface area contributed by atoms with Crippen LogP contribution in [0.2, 0.25) is 0 Å². The van der Waals surface area contributed by atoms with Gasteiger partial charge in [0.15, 0.2) is 0 Å². The van der Waals surface area contributed by atoms with Crippen LogP contribution in [0.3, 0.4) is 0 Å². The Morgan fingerprint density at radius 2 is 2.00 bits per heavy atom. The Morgan fingerprint density at radius 3 is 2.65 bits per heavy atom. The zero-order chi connectivity index (χ0) is 12.3. The van der Waals surface area contributed by atoms with E-state index in [1.54, 1.807) is 11.3 Å². The Bertz CT molecular complexity index is 476. The van der Waals surface area contributed by atoms with Crippen LogP contribution in [0.5, 0.6) is 0 Å². The monoisotopic (exact) mass is 246 g/mol. The Balaban J connectivity index is 2.31. The molecule has 1 atom stereocenters. The standard InChI is InChI=1S/C14H18N2S/c1-3-7-12(15)14-16-13(10(2)17-14)11-8-5-4-6-9-11/h4-6,8-9,12H,3,7,15H2,1-2H3. The van der Waals surface area contributed by atoms with Crippen molar-refractivity contribution in [1.29, 1.82) is 0 Å².